The molecular formula is C19H34O. The summed E-state index contributed by atoms with van der Waals surface area (Å²) in [6.07, 6.45) is 19.1. The summed E-state index contributed by atoms with van der Waals surface area (Å²) < 4.78 is 5.92. The van der Waals surface area contributed by atoms with Gasteiger partial charge < -0.3 is 4.74 Å². The lowest BCUT2D eigenvalue weighted by Crippen LogP contribution is -2.28. The lowest BCUT2D eigenvalue weighted by Gasteiger charge is -2.37. The van der Waals surface area contributed by atoms with E-state index in [9.17, 15) is 0 Å². The molecule has 1 heteroatoms. The lowest BCUT2D eigenvalue weighted by molar-refractivity contribution is 0.00796. The lowest BCUT2D eigenvalue weighted by atomic mass is 9.70. The standard InChI is InChI=1S/C19H34O/c1-3-5-6-16-7-9-17(10-8-16)18-11-13-19(14-12-18)20-15-4-2/h5-6,16-19H,3-4,7-15H2,1-2H3/b6-5+/t16-,17-,18-,19-. The molecule has 0 atom stereocenters. The minimum atomic E-state index is 0.579. The fourth-order valence-electron chi connectivity index (χ4n) is 4.15. The Bertz CT molecular complexity index is 267. The molecule has 0 radical (unpaired) electrons. The highest BCUT2D eigenvalue weighted by Gasteiger charge is 2.30. The van der Waals surface area contributed by atoms with E-state index in [1.54, 1.807) is 0 Å². The predicted molar refractivity (Wildman–Crippen MR) is 86.9 cm³/mol. The van der Waals surface area contributed by atoms with Crippen molar-refractivity contribution in [3.8, 4) is 0 Å². The van der Waals surface area contributed by atoms with E-state index in [0.29, 0.717) is 6.10 Å². The second kappa shape index (κ2) is 8.87. The number of hydrogen-bond donors (Lipinski definition) is 0. The Morgan fingerprint density at radius 3 is 2.00 bits per heavy atom. The molecule has 2 aliphatic carbocycles. The molecule has 0 aromatic rings. The van der Waals surface area contributed by atoms with Crippen LogP contribution >= 0.6 is 0 Å². The maximum Gasteiger partial charge on any atom is 0.0575 e. The molecule has 0 amide bonds. The van der Waals surface area contributed by atoms with Gasteiger partial charge in [-0.3, -0.25) is 0 Å². The molecule has 0 bridgehead atoms. The molecule has 0 unspecified atom stereocenters. The normalized spacial score (nSPS) is 35.5. The average molecular weight is 278 g/mol. The third kappa shape index (κ3) is 4.91. The molecule has 1 nitrogen and oxygen atoms in total. The molecule has 0 aromatic heterocycles. The predicted octanol–water partition coefficient (Wildman–Crippen LogP) is 5.74. The quantitative estimate of drug-likeness (QED) is 0.562. The van der Waals surface area contributed by atoms with Gasteiger partial charge in [-0.15, -0.1) is 0 Å². The van der Waals surface area contributed by atoms with Gasteiger partial charge >= 0.3 is 0 Å². The molecule has 0 aromatic carbocycles. The van der Waals surface area contributed by atoms with Crippen LogP contribution in [0, 0.1) is 17.8 Å². The second-order valence-electron chi connectivity index (χ2n) is 6.92. The van der Waals surface area contributed by atoms with Crippen molar-refractivity contribution < 1.29 is 4.74 Å². The van der Waals surface area contributed by atoms with Gasteiger partial charge in [0.15, 0.2) is 0 Å². The van der Waals surface area contributed by atoms with E-state index in [4.69, 9.17) is 4.74 Å². The van der Waals surface area contributed by atoms with Crippen molar-refractivity contribution in [2.24, 2.45) is 17.8 Å². The van der Waals surface area contributed by atoms with E-state index in [2.05, 4.69) is 26.0 Å². The SMILES string of the molecule is CC/C=C/[C@H]1CC[C@H]([C@H]2CC[C@H](OCCC)CC2)CC1. The van der Waals surface area contributed by atoms with Crippen molar-refractivity contribution in [1.29, 1.82) is 0 Å². The zero-order valence-corrected chi connectivity index (χ0v) is 13.7. The summed E-state index contributed by atoms with van der Waals surface area (Å²) in [6, 6.07) is 0. The van der Waals surface area contributed by atoms with Gasteiger partial charge in [0.05, 0.1) is 6.10 Å². The number of hydrogen-bond acceptors (Lipinski definition) is 1. The summed E-state index contributed by atoms with van der Waals surface area (Å²) in [4.78, 5) is 0. The fourth-order valence-corrected chi connectivity index (χ4v) is 4.15. The molecule has 0 saturated heterocycles. The monoisotopic (exact) mass is 278 g/mol. The van der Waals surface area contributed by atoms with Crippen LogP contribution < -0.4 is 0 Å². The second-order valence-corrected chi connectivity index (χ2v) is 6.92. The van der Waals surface area contributed by atoms with Gasteiger partial charge in [-0.05, 0) is 82.0 Å². The van der Waals surface area contributed by atoms with E-state index in [1.165, 1.54) is 57.8 Å². The summed E-state index contributed by atoms with van der Waals surface area (Å²) in [5, 5.41) is 0. The minimum absolute atomic E-state index is 0.579. The van der Waals surface area contributed by atoms with E-state index in [-0.39, 0.29) is 0 Å². The van der Waals surface area contributed by atoms with Crippen molar-refractivity contribution in [2.45, 2.75) is 84.2 Å². The minimum Gasteiger partial charge on any atom is -0.378 e. The summed E-state index contributed by atoms with van der Waals surface area (Å²) in [6.45, 7) is 5.41. The highest BCUT2D eigenvalue weighted by Crippen LogP contribution is 2.40. The van der Waals surface area contributed by atoms with Crippen molar-refractivity contribution in [3.63, 3.8) is 0 Å². The first kappa shape index (κ1) is 16.1. The van der Waals surface area contributed by atoms with E-state index < -0.39 is 0 Å². The third-order valence-corrected chi connectivity index (χ3v) is 5.40. The smallest absolute Gasteiger partial charge is 0.0575 e. The number of rotatable bonds is 6. The zero-order valence-electron chi connectivity index (χ0n) is 13.7. The van der Waals surface area contributed by atoms with Gasteiger partial charge in [0.25, 0.3) is 0 Å². The van der Waals surface area contributed by atoms with Gasteiger partial charge in [0.2, 0.25) is 0 Å². The van der Waals surface area contributed by atoms with Gasteiger partial charge in [0.1, 0.15) is 0 Å². The Balaban J connectivity index is 1.66. The number of ether oxygens (including phenoxy) is 1. The Labute approximate surface area is 126 Å². The van der Waals surface area contributed by atoms with Gasteiger partial charge in [-0.1, -0.05) is 26.0 Å². The maximum atomic E-state index is 5.92. The van der Waals surface area contributed by atoms with Gasteiger partial charge in [-0.2, -0.15) is 0 Å². The summed E-state index contributed by atoms with van der Waals surface area (Å²) in [5.41, 5.74) is 0. The molecular weight excluding hydrogens is 244 g/mol. The van der Waals surface area contributed by atoms with Gasteiger partial charge in [0, 0.05) is 6.61 Å². The largest absolute Gasteiger partial charge is 0.378 e. The Morgan fingerprint density at radius 2 is 1.45 bits per heavy atom. The molecule has 0 spiro atoms. The number of allylic oxidation sites excluding steroid dienone is 2. The summed E-state index contributed by atoms with van der Waals surface area (Å²) >= 11 is 0. The Kier molecular flexibility index (Phi) is 7.13. The van der Waals surface area contributed by atoms with Crippen LogP contribution in [0.5, 0.6) is 0 Å². The molecule has 2 saturated carbocycles. The van der Waals surface area contributed by atoms with Crippen molar-refractivity contribution >= 4 is 0 Å². The van der Waals surface area contributed by atoms with Crippen LogP contribution in [0.4, 0.5) is 0 Å². The van der Waals surface area contributed by atoms with E-state index >= 15 is 0 Å². The highest BCUT2D eigenvalue weighted by atomic mass is 16.5. The molecule has 0 heterocycles. The van der Waals surface area contributed by atoms with Crippen molar-refractivity contribution in [2.75, 3.05) is 6.61 Å². The Hall–Kier alpha value is -0.300. The van der Waals surface area contributed by atoms with Crippen LogP contribution in [0.1, 0.15) is 78.1 Å². The molecule has 0 N–H and O–H groups in total. The van der Waals surface area contributed by atoms with Crippen LogP contribution in [-0.2, 0) is 4.74 Å². The summed E-state index contributed by atoms with van der Waals surface area (Å²) in [7, 11) is 0. The topological polar surface area (TPSA) is 9.23 Å². The van der Waals surface area contributed by atoms with Crippen LogP contribution in [0.25, 0.3) is 0 Å². The van der Waals surface area contributed by atoms with Crippen LogP contribution in [0.3, 0.4) is 0 Å². The molecule has 0 aliphatic heterocycles. The van der Waals surface area contributed by atoms with Crippen LogP contribution in [-0.4, -0.2) is 12.7 Å². The van der Waals surface area contributed by atoms with E-state index in [0.717, 1.165) is 30.8 Å². The molecule has 2 aliphatic rings. The Morgan fingerprint density at radius 1 is 0.850 bits per heavy atom. The molecule has 2 fully saturated rings. The van der Waals surface area contributed by atoms with Crippen molar-refractivity contribution in [1.82, 2.24) is 0 Å². The average Bonchev–Trinajstić information content (AvgIpc) is 2.52. The summed E-state index contributed by atoms with van der Waals surface area (Å²) in [5.74, 6) is 2.91. The van der Waals surface area contributed by atoms with Crippen molar-refractivity contribution in [3.05, 3.63) is 12.2 Å². The molecule has 116 valence electrons. The maximum absolute atomic E-state index is 5.92. The molecule has 2 rings (SSSR count). The van der Waals surface area contributed by atoms with Crippen LogP contribution in [0.2, 0.25) is 0 Å². The first-order valence-corrected chi connectivity index (χ1v) is 9.11. The van der Waals surface area contributed by atoms with Crippen LogP contribution in [0.15, 0.2) is 12.2 Å². The third-order valence-electron chi connectivity index (χ3n) is 5.40. The van der Waals surface area contributed by atoms with Gasteiger partial charge in [-0.25, -0.2) is 0 Å². The highest BCUT2D eigenvalue weighted by molar-refractivity contribution is 4.92. The first-order valence-electron chi connectivity index (χ1n) is 9.11. The zero-order chi connectivity index (χ0) is 14.2. The van der Waals surface area contributed by atoms with E-state index in [1.807, 2.05) is 0 Å². The fraction of sp³-hybridized carbons (Fsp3) is 0.895. The molecule has 20 heavy (non-hydrogen) atoms. The first-order chi connectivity index (χ1) is 9.83.